The van der Waals surface area contributed by atoms with Gasteiger partial charge in [-0.25, -0.2) is 0 Å². The first kappa shape index (κ1) is 16.7. The molecule has 0 aliphatic heterocycles. The highest BCUT2D eigenvalue weighted by molar-refractivity contribution is 5.75. The van der Waals surface area contributed by atoms with Gasteiger partial charge in [0.15, 0.2) is 0 Å². The quantitative estimate of drug-likeness (QED) is 0.549. The summed E-state index contributed by atoms with van der Waals surface area (Å²) < 4.78 is 44.3. The van der Waals surface area contributed by atoms with Crippen molar-refractivity contribution in [1.29, 1.82) is 0 Å². The Balaban J connectivity index is 3.82. The normalized spacial score (nSPS) is 12.1. The van der Waals surface area contributed by atoms with Crippen LogP contribution in [0.25, 0.3) is 0 Å². The van der Waals surface area contributed by atoms with Crippen LogP contribution in [0.4, 0.5) is 13.2 Å². The van der Waals surface area contributed by atoms with Crippen LogP contribution in [0, 0.1) is 5.41 Å². The highest BCUT2D eigenvalue weighted by atomic mass is 19.4. The summed E-state index contributed by atoms with van der Waals surface area (Å²) in [7, 11) is 0. The van der Waals surface area contributed by atoms with Crippen molar-refractivity contribution in [2.24, 2.45) is 5.41 Å². The molecule has 0 fully saturated rings. The first-order valence-electron chi connectivity index (χ1n) is 5.48. The average Bonchev–Trinajstić information content (AvgIpc) is 2.21. The van der Waals surface area contributed by atoms with Crippen LogP contribution in [0.3, 0.4) is 0 Å². The summed E-state index contributed by atoms with van der Waals surface area (Å²) in [5.74, 6) is -1.86. The molecule has 4 nitrogen and oxygen atoms in total. The second-order valence-electron chi connectivity index (χ2n) is 4.39. The molecule has 0 rings (SSSR count). The third-order valence-corrected chi connectivity index (χ3v) is 2.36. The minimum absolute atomic E-state index is 0.244. The maximum absolute atomic E-state index is 11.8. The van der Waals surface area contributed by atoms with Crippen molar-refractivity contribution in [3.05, 3.63) is 0 Å². The van der Waals surface area contributed by atoms with E-state index in [1.54, 1.807) is 13.8 Å². The molecule has 0 aromatic rings. The molecule has 0 amide bonds. The Kier molecular flexibility index (Phi) is 6.14. The summed E-state index contributed by atoms with van der Waals surface area (Å²) in [6.07, 6.45) is -5.65. The Hall–Kier alpha value is -1.27. The third-order valence-electron chi connectivity index (χ3n) is 2.36. The third kappa shape index (κ3) is 7.13. The van der Waals surface area contributed by atoms with Gasteiger partial charge in [-0.1, -0.05) is 6.92 Å². The van der Waals surface area contributed by atoms with Gasteiger partial charge in [0.1, 0.15) is 19.6 Å². The van der Waals surface area contributed by atoms with Crippen molar-refractivity contribution in [2.75, 3.05) is 13.2 Å². The Bertz CT molecular complexity index is 297. The van der Waals surface area contributed by atoms with E-state index in [1.807, 2.05) is 6.92 Å². The van der Waals surface area contributed by atoms with Gasteiger partial charge in [0.2, 0.25) is 0 Å². The largest absolute Gasteiger partial charge is 0.462 e. The van der Waals surface area contributed by atoms with E-state index < -0.39 is 30.0 Å². The number of esters is 2. The molecule has 0 bridgehead atoms. The molecule has 7 heteroatoms. The smallest absolute Gasteiger partial charge is 0.399 e. The summed E-state index contributed by atoms with van der Waals surface area (Å²) in [6.45, 7) is 4.56. The maximum atomic E-state index is 11.8. The van der Waals surface area contributed by atoms with E-state index in [4.69, 9.17) is 4.74 Å². The van der Waals surface area contributed by atoms with E-state index >= 15 is 0 Å². The molecule has 0 aliphatic rings. The second-order valence-corrected chi connectivity index (χ2v) is 4.39. The zero-order valence-electron chi connectivity index (χ0n) is 10.6. The minimum atomic E-state index is -4.59. The van der Waals surface area contributed by atoms with Crippen LogP contribution < -0.4 is 0 Å². The van der Waals surface area contributed by atoms with E-state index in [2.05, 4.69) is 4.74 Å². The zero-order chi connectivity index (χ0) is 14.4. The lowest BCUT2D eigenvalue weighted by molar-refractivity contribution is -0.174. The SMILES string of the molecule is CCC(C)(C)C(=O)OCCOC(=O)CC(F)(F)F. The van der Waals surface area contributed by atoms with E-state index in [9.17, 15) is 22.8 Å². The number of hydrogen-bond acceptors (Lipinski definition) is 4. The van der Waals surface area contributed by atoms with Crippen molar-refractivity contribution < 1.29 is 32.2 Å². The first-order valence-corrected chi connectivity index (χ1v) is 5.48. The van der Waals surface area contributed by atoms with Crippen LogP contribution in [0.5, 0.6) is 0 Å². The van der Waals surface area contributed by atoms with E-state index in [0.717, 1.165) is 0 Å². The lowest BCUT2D eigenvalue weighted by Crippen LogP contribution is -2.27. The van der Waals surface area contributed by atoms with Crippen LogP contribution in [0.1, 0.15) is 33.6 Å². The van der Waals surface area contributed by atoms with Crippen LogP contribution in [0.15, 0.2) is 0 Å². The molecule has 0 spiro atoms. The zero-order valence-corrected chi connectivity index (χ0v) is 10.6. The number of halogens is 3. The number of carbonyl (C=O) groups excluding carboxylic acids is 2. The number of alkyl halides is 3. The molecular formula is C11H17F3O4. The fourth-order valence-electron chi connectivity index (χ4n) is 0.844. The Labute approximate surface area is 103 Å². The summed E-state index contributed by atoms with van der Waals surface area (Å²) in [4.78, 5) is 22.1. The second kappa shape index (κ2) is 6.61. The highest BCUT2D eigenvalue weighted by Crippen LogP contribution is 2.21. The van der Waals surface area contributed by atoms with Crippen LogP contribution in [0.2, 0.25) is 0 Å². The predicted molar refractivity (Wildman–Crippen MR) is 56.7 cm³/mol. The average molecular weight is 270 g/mol. The van der Waals surface area contributed by atoms with Gasteiger partial charge in [0.25, 0.3) is 0 Å². The topological polar surface area (TPSA) is 52.6 Å². The van der Waals surface area contributed by atoms with E-state index in [1.165, 1.54) is 0 Å². The molecule has 0 radical (unpaired) electrons. The fraction of sp³-hybridized carbons (Fsp3) is 0.818. The molecule has 0 unspecified atom stereocenters. The molecule has 106 valence electrons. The van der Waals surface area contributed by atoms with Gasteiger partial charge >= 0.3 is 18.1 Å². The number of hydrogen-bond donors (Lipinski definition) is 0. The molecule has 0 aliphatic carbocycles. The summed E-state index contributed by atoms with van der Waals surface area (Å²) in [6, 6.07) is 0. The van der Waals surface area contributed by atoms with Crippen molar-refractivity contribution >= 4 is 11.9 Å². The summed E-state index contributed by atoms with van der Waals surface area (Å²) in [5.41, 5.74) is -0.657. The first-order chi connectivity index (χ1) is 8.08. The van der Waals surface area contributed by atoms with Gasteiger partial charge in [0.05, 0.1) is 5.41 Å². The van der Waals surface area contributed by atoms with Gasteiger partial charge in [-0.05, 0) is 20.3 Å². The molecule has 0 aromatic carbocycles. The van der Waals surface area contributed by atoms with Crippen molar-refractivity contribution in [2.45, 2.75) is 39.8 Å². The van der Waals surface area contributed by atoms with Gasteiger partial charge in [-0.15, -0.1) is 0 Å². The summed E-state index contributed by atoms with van der Waals surface area (Å²) in [5, 5.41) is 0. The molecular weight excluding hydrogens is 253 g/mol. The predicted octanol–water partition coefficient (Wildman–Crippen LogP) is 2.46. The molecule has 0 heterocycles. The molecule has 0 aromatic heterocycles. The Morgan fingerprint density at radius 1 is 1.06 bits per heavy atom. The molecule has 0 atom stereocenters. The van der Waals surface area contributed by atoms with Crippen molar-refractivity contribution in [3.8, 4) is 0 Å². The van der Waals surface area contributed by atoms with Crippen molar-refractivity contribution in [3.63, 3.8) is 0 Å². The molecule has 0 N–H and O–H groups in total. The molecule has 0 saturated heterocycles. The minimum Gasteiger partial charge on any atom is -0.462 e. The highest BCUT2D eigenvalue weighted by Gasteiger charge is 2.32. The maximum Gasteiger partial charge on any atom is 0.399 e. The number of carbonyl (C=O) groups is 2. The van der Waals surface area contributed by atoms with Crippen LogP contribution in [-0.2, 0) is 19.1 Å². The summed E-state index contributed by atoms with van der Waals surface area (Å²) >= 11 is 0. The van der Waals surface area contributed by atoms with Crippen LogP contribution in [-0.4, -0.2) is 31.3 Å². The van der Waals surface area contributed by atoms with Gasteiger partial charge in [-0.3, -0.25) is 9.59 Å². The molecule has 18 heavy (non-hydrogen) atoms. The fourth-order valence-corrected chi connectivity index (χ4v) is 0.844. The van der Waals surface area contributed by atoms with Gasteiger partial charge < -0.3 is 9.47 Å². The van der Waals surface area contributed by atoms with E-state index in [-0.39, 0.29) is 13.2 Å². The number of rotatable bonds is 6. The lowest BCUT2D eigenvalue weighted by atomic mass is 9.91. The standard InChI is InChI=1S/C11H17F3O4/c1-4-10(2,3)9(16)18-6-5-17-8(15)7-11(12,13)14/h4-7H2,1-3H3. The van der Waals surface area contributed by atoms with Gasteiger partial charge in [-0.2, -0.15) is 13.2 Å². The van der Waals surface area contributed by atoms with E-state index in [0.29, 0.717) is 6.42 Å². The number of ether oxygens (including phenoxy) is 2. The monoisotopic (exact) mass is 270 g/mol. The van der Waals surface area contributed by atoms with Crippen molar-refractivity contribution in [1.82, 2.24) is 0 Å². The van der Waals surface area contributed by atoms with Gasteiger partial charge in [0, 0.05) is 0 Å². The lowest BCUT2D eigenvalue weighted by Gasteiger charge is -2.20. The Morgan fingerprint density at radius 3 is 2.00 bits per heavy atom. The van der Waals surface area contributed by atoms with Crippen LogP contribution >= 0.6 is 0 Å². The molecule has 0 saturated carbocycles. The Morgan fingerprint density at radius 2 is 1.56 bits per heavy atom.